The fraction of sp³-hybridized carbons (Fsp3) is 0.118. The molecule has 0 aliphatic rings. The summed E-state index contributed by atoms with van der Waals surface area (Å²) in [5.74, 6) is -1.49. The van der Waals surface area contributed by atoms with Crippen LogP contribution in [0.1, 0.15) is 43.6 Å². The number of carboxylic acids is 1. The normalized spacial score (nSPS) is 10.1. The molecule has 2 rings (SSSR count). The number of hydrogen-bond donors (Lipinski definition) is 1. The second kappa shape index (κ2) is 6.13. The van der Waals surface area contributed by atoms with Gasteiger partial charge in [-0.15, -0.1) is 0 Å². The van der Waals surface area contributed by atoms with Crippen molar-refractivity contribution in [2.24, 2.45) is 0 Å². The summed E-state index contributed by atoms with van der Waals surface area (Å²) in [6.07, 6.45) is 0.0609. The first-order valence-electron chi connectivity index (χ1n) is 6.44. The molecule has 0 saturated carbocycles. The molecule has 0 amide bonds. The number of rotatable bonds is 5. The molecule has 0 bridgehead atoms. The van der Waals surface area contributed by atoms with Gasteiger partial charge in [0, 0.05) is 17.5 Å². The van der Waals surface area contributed by atoms with Gasteiger partial charge in [-0.1, -0.05) is 36.4 Å². The van der Waals surface area contributed by atoms with E-state index in [1.807, 2.05) is 0 Å². The number of carboxylic acid groups (broad SMARTS) is 1. The first-order valence-corrected chi connectivity index (χ1v) is 6.44. The van der Waals surface area contributed by atoms with Crippen molar-refractivity contribution >= 4 is 17.5 Å². The van der Waals surface area contributed by atoms with E-state index < -0.39 is 5.97 Å². The lowest BCUT2D eigenvalue weighted by Gasteiger charge is -2.06. The van der Waals surface area contributed by atoms with E-state index in [1.165, 1.54) is 19.1 Å². The molecule has 0 unspecified atom stereocenters. The summed E-state index contributed by atoms with van der Waals surface area (Å²) in [6, 6.07) is 12.9. The summed E-state index contributed by atoms with van der Waals surface area (Å²) in [5, 5.41) is 9.10. The van der Waals surface area contributed by atoms with Gasteiger partial charge in [-0.05, 0) is 24.6 Å². The van der Waals surface area contributed by atoms with Crippen LogP contribution in [0.4, 0.5) is 0 Å². The number of carbonyl (C=O) groups excluding carboxylic acids is 2. The maximum atomic E-state index is 12.3. The van der Waals surface area contributed by atoms with Gasteiger partial charge in [-0.2, -0.15) is 0 Å². The van der Waals surface area contributed by atoms with Crippen molar-refractivity contribution in [1.29, 1.82) is 0 Å². The zero-order valence-corrected chi connectivity index (χ0v) is 11.5. The van der Waals surface area contributed by atoms with Crippen LogP contribution in [-0.2, 0) is 6.42 Å². The van der Waals surface area contributed by atoms with E-state index >= 15 is 0 Å². The van der Waals surface area contributed by atoms with Crippen molar-refractivity contribution in [2.45, 2.75) is 13.3 Å². The van der Waals surface area contributed by atoms with E-state index in [-0.39, 0.29) is 29.1 Å². The number of ketones is 2. The van der Waals surface area contributed by atoms with Crippen molar-refractivity contribution in [3.63, 3.8) is 0 Å². The van der Waals surface area contributed by atoms with Crippen LogP contribution in [0.2, 0.25) is 0 Å². The highest BCUT2D eigenvalue weighted by Crippen LogP contribution is 2.14. The van der Waals surface area contributed by atoms with E-state index in [4.69, 9.17) is 5.11 Å². The van der Waals surface area contributed by atoms with Crippen molar-refractivity contribution in [3.05, 3.63) is 70.8 Å². The summed E-state index contributed by atoms with van der Waals surface area (Å²) in [5.41, 5.74) is 1.39. The SMILES string of the molecule is CC(=O)c1cccc(CC(=O)c2ccccc2C(=O)O)c1. The molecule has 0 aliphatic heterocycles. The molecule has 4 nitrogen and oxygen atoms in total. The molecule has 2 aromatic rings. The molecule has 4 heteroatoms. The first-order chi connectivity index (χ1) is 9.99. The van der Waals surface area contributed by atoms with Crippen molar-refractivity contribution < 1.29 is 19.5 Å². The minimum atomic E-state index is -1.13. The fourth-order valence-corrected chi connectivity index (χ4v) is 2.09. The molecule has 1 N–H and O–H groups in total. The maximum absolute atomic E-state index is 12.3. The lowest BCUT2D eigenvalue weighted by molar-refractivity contribution is 0.0691. The quantitative estimate of drug-likeness (QED) is 0.856. The fourth-order valence-electron chi connectivity index (χ4n) is 2.09. The van der Waals surface area contributed by atoms with Crippen molar-refractivity contribution in [1.82, 2.24) is 0 Å². The molecule has 0 aliphatic carbocycles. The molecule has 0 aromatic heterocycles. The van der Waals surface area contributed by atoms with Gasteiger partial charge < -0.3 is 5.11 Å². The van der Waals surface area contributed by atoms with Gasteiger partial charge >= 0.3 is 5.97 Å². The van der Waals surface area contributed by atoms with Crippen LogP contribution >= 0.6 is 0 Å². The van der Waals surface area contributed by atoms with Crippen LogP contribution in [-0.4, -0.2) is 22.6 Å². The van der Waals surface area contributed by atoms with Gasteiger partial charge in [0.1, 0.15) is 0 Å². The van der Waals surface area contributed by atoms with Crippen LogP contribution in [0, 0.1) is 0 Å². The van der Waals surface area contributed by atoms with Crippen LogP contribution in [0.25, 0.3) is 0 Å². The monoisotopic (exact) mass is 282 g/mol. The Labute approximate surface area is 122 Å². The second-order valence-electron chi connectivity index (χ2n) is 4.71. The van der Waals surface area contributed by atoms with Gasteiger partial charge in [0.25, 0.3) is 0 Å². The molecule has 0 saturated heterocycles. The average molecular weight is 282 g/mol. The van der Waals surface area contributed by atoms with Gasteiger partial charge in [0.2, 0.25) is 0 Å². The number of benzene rings is 2. The first kappa shape index (κ1) is 14.7. The molecule has 0 heterocycles. The third-order valence-electron chi connectivity index (χ3n) is 3.16. The summed E-state index contributed by atoms with van der Waals surface area (Å²) >= 11 is 0. The van der Waals surface area contributed by atoms with Crippen LogP contribution in [0.3, 0.4) is 0 Å². The van der Waals surface area contributed by atoms with Crippen LogP contribution in [0.5, 0.6) is 0 Å². The smallest absolute Gasteiger partial charge is 0.336 e. The molecule has 0 radical (unpaired) electrons. The average Bonchev–Trinajstić information content (AvgIpc) is 2.47. The number of aromatic carboxylic acids is 1. The Morgan fingerprint density at radius 3 is 2.24 bits per heavy atom. The summed E-state index contributed by atoms with van der Waals surface area (Å²) in [6.45, 7) is 1.46. The molecular weight excluding hydrogens is 268 g/mol. The zero-order valence-electron chi connectivity index (χ0n) is 11.5. The molecule has 0 atom stereocenters. The Hall–Kier alpha value is -2.75. The third kappa shape index (κ3) is 3.42. The molecule has 0 spiro atoms. The summed E-state index contributed by atoms with van der Waals surface area (Å²) in [7, 11) is 0. The van der Waals surface area contributed by atoms with Gasteiger partial charge in [0.05, 0.1) is 5.56 Å². The molecule has 106 valence electrons. The molecule has 21 heavy (non-hydrogen) atoms. The van der Waals surface area contributed by atoms with E-state index in [9.17, 15) is 14.4 Å². The summed E-state index contributed by atoms with van der Waals surface area (Å²) < 4.78 is 0. The van der Waals surface area contributed by atoms with Crippen molar-refractivity contribution in [3.8, 4) is 0 Å². The predicted molar refractivity (Wildman–Crippen MR) is 77.9 cm³/mol. The van der Waals surface area contributed by atoms with E-state index in [0.717, 1.165) is 0 Å². The Morgan fingerprint density at radius 1 is 0.952 bits per heavy atom. The third-order valence-corrected chi connectivity index (χ3v) is 3.16. The zero-order chi connectivity index (χ0) is 15.4. The molecule has 2 aromatic carbocycles. The Kier molecular flexibility index (Phi) is 4.28. The predicted octanol–water partition coefficient (Wildman–Crippen LogP) is 3.01. The largest absolute Gasteiger partial charge is 0.478 e. The minimum absolute atomic E-state index is 0.00905. The second-order valence-corrected chi connectivity index (χ2v) is 4.71. The lowest BCUT2D eigenvalue weighted by Crippen LogP contribution is -2.11. The number of Topliss-reactive ketones (excluding diaryl/α,β-unsaturated/α-hetero) is 2. The Bertz CT molecular complexity index is 716. The lowest BCUT2D eigenvalue weighted by atomic mass is 9.97. The van der Waals surface area contributed by atoms with Gasteiger partial charge in [-0.3, -0.25) is 9.59 Å². The number of carbonyl (C=O) groups is 3. The number of hydrogen-bond acceptors (Lipinski definition) is 3. The Morgan fingerprint density at radius 2 is 1.62 bits per heavy atom. The molecule has 0 fully saturated rings. The highest BCUT2D eigenvalue weighted by molar-refractivity contribution is 6.06. The standard InChI is InChI=1S/C17H14O4/c1-11(18)13-6-4-5-12(9-13)10-16(19)14-7-2-3-8-15(14)17(20)21/h2-9H,10H2,1H3,(H,20,21). The van der Waals surface area contributed by atoms with E-state index in [2.05, 4.69) is 0 Å². The van der Waals surface area contributed by atoms with Crippen LogP contribution < -0.4 is 0 Å². The highest BCUT2D eigenvalue weighted by atomic mass is 16.4. The molecular formula is C17H14O4. The van der Waals surface area contributed by atoms with Gasteiger partial charge in [0.15, 0.2) is 11.6 Å². The topological polar surface area (TPSA) is 71.4 Å². The van der Waals surface area contributed by atoms with E-state index in [1.54, 1.807) is 36.4 Å². The van der Waals surface area contributed by atoms with Crippen LogP contribution in [0.15, 0.2) is 48.5 Å². The van der Waals surface area contributed by atoms with E-state index in [0.29, 0.717) is 11.1 Å². The summed E-state index contributed by atoms with van der Waals surface area (Å²) in [4.78, 5) is 34.7. The van der Waals surface area contributed by atoms with Gasteiger partial charge in [-0.25, -0.2) is 4.79 Å². The Balaban J connectivity index is 2.28. The minimum Gasteiger partial charge on any atom is -0.478 e. The highest BCUT2D eigenvalue weighted by Gasteiger charge is 2.16. The van der Waals surface area contributed by atoms with Crippen molar-refractivity contribution in [2.75, 3.05) is 0 Å². The maximum Gasteiger partial charge on any atom is 0.336 e.